The van der Waals surface area contributed by atoms with Gasteiger partial charge in [-0.3, -0.25) is 9.69 Å². The first-order valence-corrected chi connectivity index (χ1v) is 11.2. The number of hydrogen-bond donors (Lipinski definition) is 1. The number of nitrogens with zero attached hydrogens (tertiary/aromatic N) is 2. The molecule has 0 saturated heterocycles. The third kappa shape index (κ3) is 4.19. The maximum atomic E-state index is 12.7. The fourth-order valence-corrected chi connectivity index (χ4v) is 4.81. The van der Waals surface area contributed by atoms with Crippen LogP contribution in [-0.2, 0) is 6.54 Å². The fourth-order valence-electron chi connectivity index (χ4n) is 3.75. The second-order valence-electron chi connectivity index (χ2n) is 7.53. The minimum Gasteiger partial charge on any atom is -0.486 e. The number of nitrogens with one attached hydrogen (secondary N) is 1. The summed E-state index contributed by atoms with van der Waals surface area (Å²) in [5.41, 5.74) is 0.997. The number of rotatable bonds is 6. The van der Waals surface area contributed by atoms with E-state index < -0.39 is 0 Å². The number of fused-ring (bicyclic) bond motifs is 2. The molecule has 1 atom stereocenters. The molecule has 0 saturated carbocycles. The number of likely N-dealkylation sites (N-methyl/N-ethyl adjacent to an activating group) is 1. The number of benzene rings is 2. The summed E-state index contributed by atoms with van der Waals surface area (Å²) in [6, 6.07) is 19.7. The summed E-state index contributed by atoms with van der Waals surface area (Å²) >= 11 is 1.55. The molecule has 6 nitrogen and oxygen atoms in total. The maximum absolute atomic E-state index is 12.7. The molecule has 1 N–H and O–H groups in total. The lowest BCUT2D eigenvalue weighted by Gasteiger charge is -2.30. The van der Waals surface area contributed by atoms with Gasteiger partial charge in [0.15, 0.2) is 11.5 Å². The number of hydrogen-bond acceptors (Lipinski definition) is 6. The molecule has 2 aromatic heterocycles. The van der Waals surface area contributed by atoms with Gasteiger partial charge in [-0.05, 0) is 30.3 Å². The van der Waals surface area contributed by atoms with Gasteiger partial charge < -0.3 is 14.5 Å². The van der Waals surface area contributed by atoms with E-state index in [1.807, 2.05) is 60.7 Å². The first-order valence-electron chi connectivity index (χ1n) is 10.4. The van der Waals surface area contributed by atoms with Crippen LogP contribution in [0.5, 0.6) is 11.5 Å². The van der Waals surface area contributed by atoms with Gasteiger partial charge in [-0.2, -0.15) is 0 Å². The van der Waals surface area contributed by atoms with E-state index in [-0.39, 0.29) is 11.7 Å². The van der Waals surface area contributed by atoms with Crippen LogP contribution in [0.15, 0.2) is 65.5 Å². The summed E-state index contributed by atoms with van der Waals surface area (Å²) in [6.45, 7) is 4.63. The van der Waals surface area contributed by atoms with Gasteiger partial charge in [0.05, 0.1) is 11.9 Å². The molecule has 7 heteroatoms. The van der Waals surface area contributed by atoms with E-state index in [1.165, 1.54) is 0 Å². The molecule has 1 aliphatic rings. The molecule has 2 aromatic carbocycles. The van der Waals surface area contributed by atoms with Gasteiger partial charge in [0.25, 0.3) is 5.56 Å². The zero-order chi connectivity index (χ0) is 21.2. The number of aromatic amines is 1. The van der Waals surface area contributed by atoms with Crippen LogP contribution in [0.2, 0.25) is 0 Å². The summed E-state index contributed by atoms with van der Waals surface area (Å²) in [5, 5.41) is 0.635. The fraction of sp³-hybridized carbons (Fsp3) is 0.250. The third-order valence-electron chi connectivity index (χ3n) is 5.36. The van der Waals surface area contributed by atoms with Crippen LogP contribution in [0.25, 0.3) is 20.7 Å². The molecular formula is C24H23N3O3S. The topological polar surface area (TPSA) is 67.5 Å². The van der Waals surface area contributed by atoms with E-state index in [2.05, 4.69) is 16.8 Å². The molecule has 4 aromatic rings. The SMILES string of the molecule is CCN(Cc1nc2sc(-c3ccccc3)cc2c(=O)[nH]1)CC1COc2ccccc2O1. The zero-order valence-electron chi connectivity index (χ0n) is 17.2. The summed E-state index contributed by atoms with van der Waals surface area (Å²) < 4.78 is 11.9. The van der Waals surface area contributed by atoms with E-state index in [1.54, 1.807) is 11.3 Å². The molecule has 158 valence electrons. The van der Waals surface area contributed by atoms with Crippen LogP contribution in [0, 0.1) is 0 Å². The molecule has 0 bridgehead atoms. The first-order chi connectivity index (χ1) is 15.2. The van der Waals surface area contributed by atoms with E-state index in [0.29, 0.717) is 30.9 Å². The molecule has 0 radical (unpaired) electrons. The van der Waals surface area contributed by atoms with Crippen molar-refractivity contribution in [1.82, 2.24) is 14.9 Å². The molecule has 31 heavy (non-hydrogen) atoms. The van der Waals surface area contributed by atoms with Crippen molar-refractivity contribution in [2.75, 3.05) is 19.7 Å². The smallest absolute Gasteiger partial charge is 0.259 e. The third-order valence-corrected chi connectivity index (χ3v) is 6.44. The summed E-state index contributed by atoms with van der Waals surface area (Å²) in [5.74, 6) is 2.22. The zero-order valence-corrected chi connectivity index (χ0v) is 18.0. The normalized spacial score (nSPS) is 15.5. The Morgan fingerprint density at radius 2 is 1.90 bits per heavy atom. The molecule has 0 spiro atoms. The van der Waals surface area contributed by atoms with Crippen molar-refractivity contribution in [3.05, 3.63) is 76.8 Å². The van der Waals surface area contributed by atoms with Crippen molar-refractivity contribution < 1.29 is 9.47 Å². The van der Waals surface area contributed by atoms with Gasteiger partial charge in [0, 0.05) is 11.4 Å². The van der Waals surface area contributed by atoms with Crippen LogP contribution in [0.3, 0.4) is 0 Å². The Balaban J connectivity index is 1.33. The highest BCUT2D eigenvalue weighted by atomic mass is 32.1. The maximum Gasteiger partial charge on any atom is 0.259 e. The Hall–Kier alpha value is -3.16. The highest BCUT2D eigenvalue weighted by molar-refractivity contribution is 7.21. The van der Waals surface area contributed by atoms with Crippen LogP contribution in [-0.4, -0.2) is 40.7 Å². The number of para-hydroxylation sites is 2. The van der Waals surface area contributed by atoms with E-state index in [0.717, 1.165) is 33.3 Å². The average Bonchev–Trinajstić information content (AvgIpc) is 3.24. The van der Waals surface area contributed by atoms with Crippen LogP contribution < -0.4 is 15.0 Å². The molecule has 0 amide bonds. The highest BCUT2D eigenvalue weighted by Crippen LogP contribution is 2.32. The van der Waals surface area contributed by atoms with Gasteiger partial charge in [0.2, 0.25) is 0 Å². The number of aromatic nitrogens is 2. The molecule has 0 fully saturated rings. The van der Waals surface area contributed by atoms with Gasteiger partial charge in [0.1, 0.15) is 23.4 Å². The molecular weight excluding hydrogens is 410 g/mol. The summed E-state index contributed by atoms with van der Waals surface area (Å²) in [7, 11) is 0. The van der Waals surface area contributed by atoms with Crippen molar-refractivity contribution in [2.24, 2.45) is 0 Å². The lowest BCUT2D eigenvalue weighted by atomic mass is 10.2. The van der Waals surface area contributed by atoms with Crippen LogP contribution in [0.1, 0.15) is 12.7 Å². The second kappa shape index (κ2) is 8.53. The molecule has 1 unspecified atom stereocenters. The Morgan fingerprint density at radius 1 is 1.13 bits per heavy atom. The second-order valence-corrected chi connectivity index (χ2v) is 8.56. The van der Waals surface area contributed by atoms with Crippen LogP contribution >= 0.6 is 11.3 Å². The van der Waals surface area contributed by atoms with Crippen molar-refractivity contribution in [2.45, 2.75) is 19.6 Å². The van der Waals surface area contributed by atoms with Gasteiger partial charge >= 0.3 is 0 Å². The minimum absolute atomic E-state index is 0.0725. The standard InChI is InChI=1S/C24H23N3O3S/c1-2-27(13-17-15-29-19-10-6-7-11-20(19)30-17)14-22-25-23(28)18-12-21(31-24(18)26-22)16-8-4-3-5-9-16/h3-12,17H,2,13-15H2,1H3,(H,25,26,28). The van der Waals surface area contributed by atoms with E-state index in [4.69, 9.17) is 14.5 Å². The predicted molar refractivity (Wildman–Crippen MR) is 123 cm³/mol. The molecule has 0 aliphatic carbocycles. The Bertz CT molecular complexity index is 1250. The summed E-state index contributed by atoms with van der Waals surface area (Å²) in [6.07, 6.45) is -0.0725. The number of ether oxygens (including phenoxy) is 2. The number of thiophene rings is 1. The van der Waals surface area contributed by atoms with Gasteiger partial charge in [-0.1, -0.05) is 49.4 Å². The Labute approximate surface area is 184 Å². The quantitative estimate of drug-likeness (QED) is 0.491. The molecule has 3 heterocycles. The van der Waals surface area contributed by atoms with Crippen molar-refractivity contribution >= 4 is 21.6 Å². The Kier molecular flexibility index (Phi) is 5.44. The lowest BCUT2D eigenvalue weighted by molar-refractivity contribution is 0.0573. The summed E-state index contributed by atoms with van der Waals surface area (Å²) in [4.78, 5) is 24.4. The molecule has 1 aliphatic heterocycles. The van der Waals surface area contributed by atoms with Crippen molar-refractivity contribution in [1.29, 1.82) is 0 Å². The monoisotopic (exact) mass is 433 g/mol. The minimum atomic E-state index is -0.0966. The van der Waals surface area contributed by atoms with Crippen molar-refractivity contribution in [3.8, 4) is 21.9 Å². The van der Waals surface area contributed by atoms with Gasteiger partial charge in [-0.25, -0.2) is 4.98 Å². The first kappa shape index (κ1) is 19.8. The van der Waals surface area contributed by atoms with E-state index in [9.17, 15) is 4.79 Å². The van der Waals surface area contributed by atoms with E-state index >= 15 is 0 Å². The highest BCUT2D eigenvalue weighted by Gasteiger charge is 2.23. The molecule has 5 rings (SSSR count). The number of H-pyrrole nitrogens is 1. The Morgan fingerprint density at radius 3 is 2.71 bits per heavy atom. The average molecular weight is 434 g/mol. The van der Waals surface area contributed by atoms with Crippen LogP contribution in [0.4, 0.5) is 0 Å². The predicted octanol–water partition coefficient (Wildman–Crippen LogP) is 4.31. The van der Waals surface area contributed by atoms with Crippen molar-refractivity contribution in [3.63, 3.8) is 0 Å². The lowest BCUT2D eigenvalue weighted by Crippen LogP contribution is -2.41. The largest absolute Gasteiger partial charge is 0.486 e. The van der Waals surface area contributed by atoms with Gasteiger partial charge in [-0.15, -0.1) is 11.3 Å².